The van der Waals surface area contributed by atoms with E-state index in [0.717, 1.165) is 16.2 Å². The topological polar surface area (TPSA) is 68.2 Å². The van der Waals surface area contributed by atoms with E-state index in [1.165, 1.54) is 21.3 Å². The number of benzene rings is 3. The molecule has 0 heterocycles. The predicted octanol–water partition coefficient (Wildman–Crippen LogP) is 3.43. The van der Waals surface area contributed by atoms with Gasteiger partial charge < -0.3 is 24.4 Å². The largest absolute Gasteiger partial charge is 0.508 e. The van der Waals surface area contributed by atoms with E-state index in [1.54, 1.807) is 18.2 Å². The summed E-state index contributed by atoms with van der Waals surface area (Å²) in [6.45, 7) is 0. The second-order valence-electron chi connectivity index (χ2n) is 4.84. The van der Waals surface area contributed by atoms with Crippen molar-refractivity contribution in [3.8, 4) is 28.7 Å². The first kappa shape index (κ1) is 14.1. The molecule has 3 rings (SSSR count). The average molecular weight is 300 g/mol. The van der Waals surface area contributed by atoms with Crippen LogP contribution in [0.25, 0.3) is 21.5 Å². The van der Waals surface area contributed by atoms with E-state index in [1.807, 2.05) is 12.1 Å². The highest BCUT2D eigenvalue weighted by molar-refractivity contribution is 6.14. The van der Waals surface area contributed by atoms with E-state index >= 15 is 0 Å². The minimum Gasteiger partial charge on any atom is -0.508 e. The van der Waals surface area contributed by atoms with E-state index in [9.17, 15) is 10.2 Å². The molecule has 3 aromatic rings. The Bertz CT molecular complexity index is 870. The van der Waals surface area contributed by atoms with Crippen molar-refractivity contribution in [1.29, 1.82) is 0 Å². The summed E-state index contributed by atoms with van der Waals surface area (Å²) in [5.74, 6) is 1.04. The van der Waals surface area contributed by atoms with Gasteiger partial charge in [0.05, 0.1) is 21.3 Å². The number of hydrogen-bond donors (Lipinski definition) is 2. The normalized spacial score (nSPS) is 10.9. The van der Waals surface area contributed by atoms with Gasteiger partial charge in [0.15, 0.2) is 11.5 Å². The van der Waals surface area contributed by atoms with Crippen LogP contribution >= 0.6 is 0 Å². The molecule has 3 aromatic carbocycles. The lowest BCUT2D eigenvalue weighted by Gasteiger charge is -2.17. The highest BCUT2D eigenvalue weighted by Crippen LogP contribution is 2.52. The number of rotatable bonds is 3. The molecular weight excluding hydrogens is 284 g/mol. The molecule has 0 saturated heterocycles. The van der Waals surface area contributed by atoms with Crippen LogP contribution in [-0.2, 0) is 0 Å². The molecule has 0 fully saturated rings. The highest BCUT2D eigenvalue weighted by atomic mass is 16.5. The summed E-state index contributed by atoms with van der Waals surface area (Å²) < 4.78 is 16.1. The van der Waals surface area contributed by atoms with Crippen LogP contribution < -0.4 is 14.2 Å². The third kappa shape index (κ3) is 1.86. The van der Waals surface area contributed by atoms with Crippen molar-refractivity contribution >= 4 is 21.5 Å². The molecule has 0 aliphatic rings. The summed E-state index contributed by atoms with van der Waals surface area (Å²) in [5, 5.41) is 23.2. The Morgan fingerprint density at radius 3 is 2.00 bits per heavy atom. The number of fused-ring (bicyclic) bond motifs is 3. The van der Waals surface area contributed by atoms with Crippen molar-refractivity contribution in [3.05, 3.63) is 30.3 Å². The molecule has 22 heavy (non-hydrogen) atoms. The SMILES string of the molecule is COc1c(O)c(OC)c2ccc3cc(O)ccc3c2c1OC. The van der Waals surface area contributed by atoms with Crippen LogP contribution in [-0.4, -0.2) is 31.5 Å². The molecule has 0 bridgehead atoms. The smallest absolute Gasteiger partial charge is 0.207 e. The van der Waals surface area contributed by atoms with E-state index in [4.69, 9.17) is 14.2 Å². The van der Waals surface area contributed by atoms with Crippen molar-refractivity contribution < 1.29 is 24.4 Å². The van der Waals surface area contributed by atoms with E-state index in [2.05, 4.69) is 0 Å². The summed E-state index contributed by atoms with van der Waals surface area (Å²) in [5.41, 5.74) is 0. The van der Waals surface area contributed by atoms with E-state index in [0.29, 0.717) is 16.9 Å². The lowest BCUT2D eigenvalue weighted by molar-refractivity contribution is 0.320. The third-order valence-electron chi connectivity index (χ3n) is 3.72. The highest BCUT2D eigenvalue weighted by Gasteiger charge is 2.23. The zero-order valence-electron chi connectivity index (χ0n) is 12.5. The Hall–Kier alpha value is -2.82. The molecule has 0 spiro atoms. The zero-order chi connectivity index (χ0) is 15.9. The molecule has 0 unspecified atom stereocenters. The Morgan fingerprint density at radius 2 is 1.36 bits per heavy atom. The molecule has 0 aliphatic heterocycles. The minimum atomic E-state index is -0.104. The van der Waals surface area contributed by atoms with Gasteiger partial charge in [-0.15, -0.1) is 0 Å². The van der Waals surface area contributed by atoms with E-state index < -0.39 is 0 Å². The van der Waals surface area contributed by atoms with Crippen molar-refractivity contribution in [2.75, 3.05) is 21.3 Å². The Balaban J connectivity index is 2.60. The first-order valence-corrected chi connectivity index (χ1v) is 6.68. The molecule has 0 saturated carbocycles. The molecule has 2 N–H and O–H groups in total. The molecule has 5 nitrogen and oxygen atoms in total. The zero-order valence-corrected chi connectivity index (χ0v) is 12.5. The predicted molar refractivity (Wildman–Crippen MR) is 84.4 cm³/mol. The van der Waals surface area contributed by atoms with Crippen LogP contribution in [0.3, 0.4) is 0 Å². The summed E-state index contributed by atoms with van der Waals surface area (Å²) >= 11 is 0. The molecule has 0 radical (unpaired) electrons. The van der Waals surface area contributed by atoms with Crippen molar-refractivity contribution in [1.82, 2.24) is 0 Å². The second-order valence-corrected chi connectivity index (χ2v) is 4.84. The maximum atomic E-state index is 10.3. The lowest BCUT2D eigenvalue weighted by Crippen LogP contribution is -1.96. The fraction of sp³-hybridized carbons (Fsp3) is 0.176. The second kappa shape index (κ2) is 5.18. The molecule has 114 valence electrons. The minimum absolute atomic E-state index is 0.104. The van der Waals surface area contributed by atoms with Gasteiger partial charge in [-0.05, 0) is 35.0 Å². The Morgan fingerprint density at radius 1 is 0.727 bits per heavy atom. The Kier molecular flexibility index (Phi) is 3.33. The number of ether oxygens (including phenoxy) is 3. The number of phenolic OH excluding ortho intramolecular Hbond substituents is 2. The van der Waals surface area contributed by atoms with Crippen molar-refractivity contribution in [3.63, 3.8) is 0 Å². The summed E-state index contributed by atoms with van der Waals surface area (Å²) in [7, 11) is 4.46. The van der Waals surface area contributed by atoms with E-state index in [-0.39, 0.29) is 17.2 Å². The van der Waals surface area contributed by atoms with Crippen LogP contribution in [0.2, 0.25) is 0 Å². The van der Waals surface area contributed by atoms with Crippen LogP contribution in [0, 0.1) is 0 Å². The fourth-order valence-electron chi connectivity index (χ4n) is 2.79. The van der Waals surface area contributed by atoms with Gasteiger partial charge in [0, 0.05) is 10.8 Å². The molecular formula is C17H16O5. The van der Waals surface area contributed by atoms with Crippen LogP contribution in [0.15, 0.2) is 30.3 Å². The van der Waals surface area contributed by atoms with Gasteiger partial charge in [0.1, 0.15) is 5.75 Å². The van der Waals surface area contributed by atoms with Crippen molar-refractivity contribution in [2.24, 2.45) is 0 Å². The maximum absolute atomic E-state index is 10.3. The third-order valence-corrected chi connectivity index (χ3v) is 3.72. The first-order valence-electron chi connectivity index (χ1n) is 6.68. The van der Waals surface area contributed by atoms with Gasteiger partial charge in [0.2, 0.25) is 11.5 Å². The average Bonchev–Trinajstić information content (AvgIpc) is 2.53. The molecule has 0 atom stereocenters. The lowest BCUT2D eigenvalue weighted by atomic mass is 9.99. The van der Waals surface area contributed by atoms with Gasteiger partial charge in [-0.25, -0.2) is 0 Å². The van der Waals surface area contributed by atoms with Gasteiger partial charge in [-0.1, -0.05) is 6.07 Å². The van der Waals surface area contributed by atoms with Crippen LogP contribution in [0.5, 0.6) is 28.7 Å². The Labute approximate surface area is 127 Å². The fourth-order valence-corrected chi connectivity index (χ4v) is 2.79. The first-order chi connectivity index (χ1) is 10.6. The maximum Gasteiger partial charge on any atom is 0.207 e. The van der Waals surface area contributed by atoms with Gasteiger partial charge in [0.25, 0.3) is 0 Å². The number of aromatic hydroxyl groups is 2. The number of phenols is 2. The molecule has 0 aromatic heterocycles. The number of methoxy groups -OCH3 is 3. The molecule has 5 heteroatoms. The quantitative estimate of drug-likeness (QED) is 0.725. The molecule has 0 aliphatic carbocycles. The number of hydrogen-bond acceptors (Lipinski definition) is 5. The summed E-state index contributed by atoms with van der Waals surface area (Å²) in [4.78, 5) is 0. The van der Waals surface area contributed by atoms with Gasteiger partial charge in [-0.2, -0.15) is 0 Å². The monoisotopic (exact) mass is 300 g/mol. The standard InChI is InChI=1S/C17H16O5/c1-20-15-12-6-4-9-8-10(18)5-7-11(9)13(12)16(21-2)17(22-3)14(15)19/h4-8,18-19H,1-3H3. The van der Waals surface area contributed by atoms with Gasteiger partial charge >= 0.3 is 0 Å². The molecule has 0 amide bonds. The summed E-state index contributed by atoms with van der Waals surface area (Å²) in [6.07, 6.45) is 0. The van der Waals surface area contributed by atoms with Gasteiger partial charge in [-0.3, -0.25) is 0 Å². The van der Waals surface area contributed by atoms with Crippen LogP contribution in [0.4, 0.5) is 0 Å². The van der Waals surface area contributed by atoms with Crippen LogP contribution in [0.1, 0.15) is 0 Å². The van der Waals surface area contributed by atoms with Crippen molar-refractivity contribution in [2.45, 2.75) is 0 Å². The summed E-state index contributed by atoms with van der Waals surface area (Å²) in [6, 6.07) is 8.74.